The number of hydrogen-bond acceptors (Lipinski definition) is 2. The first kappa shape index (κ1) is 12.6. The number of hydrogen-bond donors (Lipinski definition) is 1. The second kappa shape index (κ2) is 5.63. The van der Waals surface area contributed by atoms with Gasteiger partial charge in [-0.3, -0.25) is 4.98 Å². The van der Waals surface area contributed by atoms with Crippen LogP contribution in [-0.2, 0) is 6.42 Å². The van der Waals surface area contributed by atoms with Gasteiger partial charge in [0.15, 0.2) is 0 Å². The van der Waals surface area contributed by atoms with Crippen molar-refractivity contribution in [2.24, 2.45) is 5.73 Å². The van der Waals surface area contributed by atoms with E-state index in [0.717, 1.165) is 27.0 Å². The summed E-state index contributed by atoms with van der Waals surface area (Å²) >= 11 is 9.24. The Morgan fingerprint density at radius 2 is 1.94 bits per heavy atom. The first-order valence-electron chi connectivity index (χ1n) is 5.25. The Hall–Kier alpha value is -0.900. The number of rotatable bonds is 3. The lowest BCUT2D eigenvalue weighted by atomic mass is 10.0. The molecule has 0 aliphatic rings. The van der Waals surface area contributed by atoms with Crippen molar-refractivity contribution in [3.8, 4) is 0 Å². The van der Waals surface area contributed by atoms with Crippen molar-refractivity contribution in [2.75, 3.05) is 0 Å². The maximum absolute atomic E-state index is 6.14. The number of nitrogens with two attached hydrogens (primary N) is 1. The van der Waals surface area contributed by atoms with Crippen molar-refractivity contribution < 1.29 is 0 Å². The van der Waals surface area contributed by atoms with E-state index >= 15 is 0 Å². The molecule has 1 aromatic carbocycles. The van der Waals surface area contributed by atoms with Crippen LogP contribution >= 0.6 is 27.5 Å². The molecule has 2 rings (SSSR count). The molecule has 17 heavy (non-hydrogen) atoms. The minimum atomic E-state index is -0.0385. The van der Waals surface area contributed by atoms with Crippen molar-refractivity contribution in [1.82, 2.24) is 4.98 Å². The van der Waals surface area contributed by atoms with Crippen LogP contribution in [-0.4, -0.2) is 4.98 Å². The lowest BCUT2D eigenvalue weighted by molar-refractivity contribution is 0.719. The zero-order valence-corrected chi connectivity index (χ0v) is 11.4. The molecule has 1 atom stereocenters. The summed E-state index contributed by atoms with van der Waals surface area (Å²) in [5.74, 6) is 0. The summed E-state index contributed by atoms with van der Waals surface area (Å²) in [6.45, 7) is 0. The Balaban J connectivity index is 2.11. The summed E-state index contributed by atoms with van der Waals surface area (Å²) in [7, 11) is 0. The van der Waals surface area contributed by atoms with Crippen LogP contribution in [0.25, 0.3) is 0 Å². The van der Waals surface area contributed by atoms with E-state index < -0.39 is 0 Å². The van der Waals surface area contributed by atoms with E-state index in [4.69, 9.17) is 17.3 Å². The number of benzene rings is 1. The van der Waals surface area contributed by atoms with Gasteiger partial charge in [0.05, 0.1) is 0 Å². The summed E-state index contributed by atoms with van der Waals surface area (Å²) in [6.07, 6.45) is 4.35. The summed E-state index contributed by atoms with van der Waals surface area (Å²) in [5.41, 5.74) is 8.33. The highest BCUT2D eigenvalue weighted by Crippen LogP contribution is 2.19. The van der Waals surface area contributed by atoms with Crippen LogP contribution in [0, 0.1) is 0 Å². The van der Waals surface area contributed by atoms with Crippen LogP contribution in [0.4, 0.5) is 0 Å². The highest BCUT2D eigenvalue weighted by Gasteiger charge is 2.07. The van der Waals surface area contributed by atoms with E-state index in [0.29, 0.717) is 0 Å². The third-order valence-electron chi connectivity index (χ3n) is 2.52. The van der Waals surface area contributed by atoms with E-state index in [1.807, 2.05) is 36.5 Å². The van der Waals surface area contributed by atoms with Gasteiger partial charge in [0, 0.05) is 27.9 Å². The molecule has 0 aliphatic heterocycles. The van der Waals surface area contributed by atoms with E-state index in [9.17, 15) is 0 Å². The molecule has 0 bridgehead atoms. The molecule has 0 radical (unpaired) electrons. The Labute approximate surface area is 114 Å². The zero-order chi connectivity index (χ0) is 12.3. The van der Waals surface area contributed by atoms with E-state index in [1.54, 1.807) is 6.20 Å². The van der Waals surface area contributed by atoms with Gasteiger partial charge in [-0.05, 0) is 51.7 Å². The van der Waals surface area contributed by atoms with Gasteiger partial charge in [-0.25, -0.2) is 0 Å². The average molecular weight is 312 g/mol. The van der Waals surface area contributed by atoms with Crippen molar-refractivity contribution in [1.29, 1.82) is 0 Å². The Kier molecular flexibility index (Phi) is 4.15. The van der Waals surface area contributed by atoms with Crippen LogP contribution in [0.15, 0.2) is 47.2 Å². The molecule has 0 aliphatic carbocycles. The number of aromatic nitrogens is 1. The molecule has 4 heteroatoms. The van der Waals surface area contributed by atoms with E-state index in [2.05, 4.69) is 20.9 Å². The molecule has 2 nitrogen and oxygen atoms in total. The fraction of sp³-hybridized carbons (Fsp3) is 0.154. The molecule has 2 aromatic rings. The second-order valence-electron chi connectivity index (χ2n) is 3.87. The van der Waals surface area contributed by atoms with Crippen molar-refractivity contribution in [2.45, 2.75) is 12.5 Å². The largest absolute Gasteiger partial charge is 0.324 e. The Morgan fingerprint density at radius 1 is 1.24 bits per heavy atom. The average Bonchev–Trinajstić information content (AvgIpc) is 2.29. The normalized spacial score (nSPS) is 12.4. The zero-order valence-electron chi connectivity index (χ0n) is 9.11. The molecule has 0 saturated carbocycles. The molecular weight excluding hydrogens is 300 g/mol. The summed E-state index contributed by atoms with van der Waals surface area (Å²) in [5, 5.41) is 0.727. The molecule has 0 spiro atoms. The van der Waals surface area contributed by atoms with Crippen LogP contribution in [0.2, 0.25) is 5.02 Å². The van der Waals surface area contributed by atoms with Crippen LogP contribution in [0.5, 0.6) is 0 Å². The minimum absolute atomic E-state index is 0.0385. The van der Waals surface area contributed by atoms with Crippen molar-refractivity contribution >= 4 is 27.5 Å². The van der Waals surface area contributed by atoms with Gasteiger partial charge in [-0.15, -0.1) is 0 Å². The standard InChI is InChI=1S/C13H12BrClN2/c14-11-5-9(7-17-8-11)6-13(16)10-1-3-12(15)4-2-10/h1-5,7-8,13H,6,16H2. The molecule has 0 saturated heterocycles. The van der Waals surface area contributed by atoms with Gasteiger partial charge in [0.2, 0.25) is 0 Å². The summed E-state index contributed by atoms with van der Waals surface area (Å²) in [4.78, 5) is 4.12. The fourth-order valence-corrected chi connectivity index (χ4v) is 2.19. The molecule has 1 aromatic heterocycles. The molecular formula is C13H12BrClN2. The maximum atomic E-state index is 6.14. The second-order valence-corrected chi connectivity index (χ2v) is 5.23. The first-order valence-corrected chi connectivity index (χ1v) is 6.43. The minimum Gasteiger partial charge on any atom is -0.324 e. The molecule has 0 fully saturated rings. The highest BCUT2D eigenvalue weighted by molar-refractivity contribution is 9.10. The topological polar surface area (TPSA) is 38.9 Å². The van der Waals surface area contributed by atoms with Gasteiger partial charge in [0.25, 0.3) is 0 Å². The lowest BCUT2D eigenvalue weighted by Gasteiger charge is -2.12. The van der Waals surface area contributed by atoms with Crippen LogP contribution in [0.3, 0.4) is 0 Å². The fourth-order valence-electron chi connectivity index (χ4n) is 1.65. The van der Waals surface area contributed by atoms with E-state index in [-0.39, 0.29) is 6.04 Å². The maximum Gasteiger partial charge on any atom is 0.0410 e. The predicted octanol–water partition coefficient (Wildman–Crippen LogP) is 3.74. The molecule has 1 unspecified atom stereocenters. The summed E-state index contributed by atoms with van der Waals surface area (Å²) < 4.78 is 0.971. The van der Waals surface area contributed by atoms with Crippen LogP contribution in [0.1, 0.15) is 17.2 Å². The lowest BCUT2D eigenvalue weighted by Crippen LogP contribution is -2.13. The van der Waals surface area contributed by atoms with E-state index in [1.165, 1.54) is 0 Å². The molecule has 2 N–H and O–H groups in total. The quantitative estimate of drug-likeness (QED) is 0.938. The van der Waals surface area contributed by atoms with Crippen molar-refractivity contribution in [3.05, 3.63) is 63.3 Å². The SMILES string of the molecule is NC(Cc1cncc(Br)c1)c1ccc(Cl)cc1. The Morgan fingerprint density at radius 3 is 2.59 bits per heavy atom. The summed E-state index contributed by atoms with van der Waals surface area (Å²) in [6, 6.07) is 9.62. The number of pyridine rings is 1. The smallest absolute Gasteiger partial charge is 0.0410 e. The Bertz CT molecular complexity index is 499. The number of halogens is 2. The van der Waals surface area contributed by atoms with Gasteiger partial charge in [-0.2, -0.15) is 0 Å². The molecule has 1 heterocycles. The van der Waals surface area contributed by atoms with Crippen molar-refractivity contribution in [3.63, 3.8) is 0 Å². The predicted molar refractivity (Wildman–Crippen MR) is 74.0 cm³/mol. The third-order valence-corrected chi connectivity index (χ3v) is 3.20. The molecule has 88 valence electrons. The van der Waals surface area contributed by atoms with Gasteiger partial charge in [-0.1, -0.05) is 23.7 Å². The highest BCUT2D eigenvalue weighted by atomic mass is 79.9. The third kappa shape index (κ3) is 3.53. The number of nitrogens with zero attached hydrogens (tertiary/aromatic N) is 1. The van der Waals surface area contributed by atoms with Gasteiger partial charge < -0.3 is 5.73 Å². The van der Waals surface area contributed by atoms with Crippen LogP contribution < -0.4 is 5.73 Å². The monoisotopic (exact) mass is 310 g/mol. The van der Waals surface area contributed by atoms with Gasteiger partial charge >= 0.3 is 0 Å². The first-order chi connectivity index (χ1) is 8.15. The van der Waals surface area contributed by atoms with Gasteiger partial charge in [0.1, 0.15) is 0 Å². The molecule has 0 amide bonds.